The highest BCUT2D eigenvalue weighted by atomic mass is 16.2. The lowest BCUT2D eigenvalue weighted by atomic mass is 9.81. The summed E-state index contributed by atoms with van der Waals surface area (Å²) in [5.74, 6) is 0.0740. The fourth-order valence-corrected chi connectivity index (χ4v) is 4.64. The molecule has 8 nitrogen and oxygen atoms in total. The number of benzene rings is 1. The van der Waals surface area contributed by atoms with E-state index in [2.05, 4.69) is 10.6 Å². The van der Waals surface area contributed by atoms with Gasteiger partial charge in [0, 0.05) is 63.5 Å². The standard InChI is InChI=1S/C22H28N4O4/c1-14(27)24-11-15-2-4-16(5-3-15)22(30)26-12-18-7-9-25(13-19(18)26)21(29)17-6-8-23-20(28)10-17/h2-5,17-19H,6-13H2,1H3,(H,23,28)(H,24,27)/t17?,18-,19-/m0/s1. The average molecular weight is 412 g/mol. The number of carbonyl (C=O) groups excluding carboxylic acids is 4. The van der Waals surface area contributed by atoms with Gasteiger partial charge in [-0.05, 0) is 30.5 Å². The van der Waals surface area contributed by atoms with Gasteiger partial charge in [-0.3, -0.25) is 19.2 Å². The molecule has 4 amide bonds. The van der Waals surface area contributed by atoms with Crippen molar-refractivity contribution in [2.75, 3.05) is 26.2 Å². The van der Waals surface area contributed by atoms with Crippen LogP contribution in [0.1, 0.15) is 42.1 Å². The van der Waals surface area contributed by atoms with Crippen LogP contribution in [0.5, 0.6) is 0 Å². The molecule has 30 heavy (non-hydrogen) atoms. The minimum absolute atomic E-state index is 0.0197. The van der Waals surface area contributed by atoms with E-state index in [1.807, 2.05) is 21.9 Å². The van der Waals surface area contributed by atoms with E-state index in [1.165, 1.54) is 6.92 Å². The highest BCUT2D eigenvalue weighted by Crippen LogP contribution is 2.34. The van der Waals surface area contributed by atoms with Gasteiger partial charge in [0.05, 0.1) is 6.04 Å². The molecule has 1 unspecified atom stereocenters. The predicted octanol–water partition coefficient (Wildman–Crippen LogP) is 0.522. The Kier molecular flexibility index (Phi) is 5.74. The SMILES string of the molecule is CC(=O)NCc1ccc(C(=O)N2C[C@@H]3CCN(C(=O)C4CCNC(=O)C4)C[C@@H]32)cc1. The molecular formula is C22H28N4O4. The third kappa shape index (κ3) is 4.17. The Labute approximate surface area is 176 Å². The second-order valence-corrected chi connectivity index (χ2v) is 8.50. The number of rotatable bonds is 4. The van der Waals surface area contributed by atoms with Gasteiger partial charge in [0.25, 0.3) is 5.91 Å². The number of hydrogen-bond acceptors (Lipinski definition) is 4. The van der Waals surface area contributed by atoms with Crippen molar-refractivity contribution in [1.82, 2.24) is 20.4 Å². The molecule has 0 saturated carbocycles. The first-order valence-electron chi connectivity index (χ1n) is 10.6. The lowest BCUT2D eigenvalue weighted by Crippen LogP contribution is -2.66. The van der Waals surface area contributed by atoms with Crippen LogP contribution in [-0.4, -0.2) is 65.6 Å². The number of amides is 4. The normalized spacial score (nSPS) is 25.6. The van der Waals surface area contributed by atoms with Crippen LogP contribution < -0.4 is 10.6 Å². The number of nitrogens with zero attached hydrogens (tertiary/aromatic N) is 2. The molecule has 2 N–H and O–H groups in total. The van der Waals surface area contributed by atoms with Gasteiger partial charge in [0.2, 0.25) is 17.7 Å². The van der Waals surface area contributed by atoms with Gasteiger partial charge in [0.15, 0.2) is 0 Å². The van der Waals surface area contributed by atoms with E-state index in [0.29, 0.717) is 44.1 Å². The molecule has 3 saturated heterocycles. The van der Waals surface area contributed by atoms with Gasteiger partial charge in [0.1, 0.15) is 0 Å². The Bertz CT molecular complexity index is 853. The Morgan fingerprint density at radius 2 is 1.90 bits per heavy atom. The Hall–Kier alpha value is -2.90. The summed E-state index contributed by atoms with van der Waals surface area (Å²) < 4.78 is 0. The minimum Gasteiger partial charge on any atom is -0.356 e. The van der Waals surface area contributed by atoms with Gasteiger partial charge < -0.3 is 20.4 Å². The first-order valence-corrected chi connectivity index (χ1v) is 10.6. The topological polar surface area (TPSA) is 98.8 Å². The van der Waals surface area contributed by atoms with Crippen LogP contribution in [0.4, 0.5) is 0 Å². The van der Waals surface area contributed by atoms with Gasteiger partial charge in [-0.15, -0.1) is 0 Å². The Morgan fingerprint density at radius 1 is 1.13 bits per heavy atom. The smallest absolute Gasteiger partial charge is 0.254 e. The molecule has 3 atom stereocenters. The van der Waals surface area contributed by atoms with Crippen molar-refractivity contribution < 1.29 is 19.2 Å². The molecule has 0 radical (unpaired) electrons. The van der Waals surface area contributed by atoms with E-state index < -0.39 is 0 Å². The predicted molar refractivity (Wildman–Crippen MR) is 109 cm³/mol. The summed E-state index contributed by atoms with van der Waals surface area (Å²) in [7, 11) is 0. The van der Waals surface area contributed by atoms with Crippen LogP contribution in [0.25, 0.3) is 0 Å². The van der Waals surface area contributed by atoms with Crippen LogP contribution in [-0.2, 0) is 20.9 Å². The number of nitrogens with one attached hydrogen (secondary N) is 2. The average Bonchev–Trinajstić information content (AvgIpc) is 2.73. The maximum absolute atomic E-state index is 13.0. The molecule has 160 valence electrons. The first kappa shape index (κ1) is 20.4. The van der Waals surface area contributed by atoms with E-state index in [0.717, 1.165) is 18.5 Å². The minimum atomic E-state index is -0.240. The highest BCUT2D eigenvalue weighted by Gasteiger charge is 2.46. The molecule has 3 fully saturated rings. The van der Waals surface area contributed by atoms with E-state index in [9.17, 15) is 19.2 Å². The van der Waals surface area contributed by atoms with Gasteiger partial charge >= 0.3 is 0 Å². The Balaban J connectivity index is 1.36. The van der Waals surface area contributed by atoms with E-state index >= 15 is 0 Å². The van der Waals surface area contributed by atoms with Crippen LogP contribution >= 0.6 is 0 Å². The van der Waals surface area contributed by atoms with Crippen molar-refractivity contribution >= 4 is 23.6 Å². The van der Waals surface area contributed by atoms with Crippen LogP contribution in [0.2, 0.25) is 0 Å². The maximum atomic E-state index is 13.0. The fraction of sp³-hybridized carbons (Fsp3) is 0.545. The first-order chi connectivity index (χ1) is 14.4. The summed E-state index contributed by atoms with van der Waals surface area (Å²) in [6.07, 6.45) is 1.84. The summed E-state index contributed by atoms with van der Waals surface area (Å²) in [6.45, 7) is 4.45. The van der Waals surface area contributed by atoms with Crippen molar-refractivity contribution in [3.8, 4) is 0 Å². The van der Waals surface area contributed by atoms with Gasteiger partial charge in [-0.2, -0.15) is 0 Å². The summed E-state index contributed by atoms with van der Waals surface area (Å²) in [5.41, 5.74) is 1.56. The molecule has 0 aliphatic carbocycles. The molecule has 3 aliphatic heterocycles. The molecule has 0 aromatic heterocycles. The van der Waals surface area contributed by atoms with Crippen molar-refractivity contribution in [3.63, 3.8) is 0 Å². The number of fused-ring (bicyclic) bond motifs is 1. The van der Waals surface area contributed by atoms with E-state index in [1.54, 1.807) is 12.1 Å². The van der Waals surface area contributed by atoms with Crippen LogP contribution in [0.3, 0.4) is 0 Å². The summed E-state index contributed by atoms with van der Waals surface area (Å²) in [5, 5.41) is 5.51. The molecular weight excluding hydrogens is 384 g/mol. The number of hydrogen-bond donors (Lipinski definition) is 2. The zero-order valence-electron chi connectivity index (χ0n) is 17.2. The summed E-state index contributed by atoms with van der Waals surface area (Å²) in [6, 6.07) is 7.33. The molecule has 0 spiro atoms. The van der Waals surface area contributed by atoms with E-state index in [4.69, 9.17) is 0 Å². The molecule has 1 aromatic carbocycles. The molecule has 3 heterocycles. The quantitative estimate of drug-likeness (QED) is 0.753. The lowest BCUT2D eigenvalue weighted by Gasteiger charge is -2.53. The number of likely N-dealkylation sites (tertiary alicyclic amines) is 2. The third-order valence-corrected chi connectivity index (χ3v) is 6.46. The van der Waals surface area contributed by atoms with Gasteiger partial charge in [-0.25, -0.2) is 0 Å². The molecule has 3 aliphatic rings. The fourth-order valence-electron chi connectivity index (χ4n) is 4.64. The molecule has 4 rings (SSSR count). The largest absolute Gasteiger partial charge is 0.356 e. The van der Waals surface area contributed by atoms with E-state index in [-0.39, 0.29) is 42.0 Å². The second kappa shape index (κ2) is 8.45. The number of piperidine rings is 2. The van der Waals surface area contributed by atoms with Crippen LogP contribution in [0, 0.1) is 11.8 Å². The van der Waals surface area contributed by atoms with Crippen LogP contribution in [0.15, 0.2) is 24.3 Å². The zero-order valence-corrected chi connectivity index (χ0v) is 17.2. The maximum Gasteiger partial charge on any atom is 0.254 e. The third-order valence-electron chi connectivity index (χ3n) is 6.46. The monoisotopic (exact) mass is 412 g/mol. The van der Waals surface area contributed by atoms with Gasteiger partial charge in [-0.1, -0.05) is 12.1 Å². The van der Waals surface area contributed by atoms with Crippen molar-refractivity contribution in [2.24, 2.45) is 11.8 Å². The van der Waals surface area contributed by atoms with Crippen molar-refractivity contribution in [2.45, 2.75) is 38.8 Å². The van der Waals surface area contributed by atoms with Crippen molar-refractivity contribution in [1.29, 1.82) is 0 Å². The zero-order chi connectivity index (χ0) is 21.3. The molecule has 8 heteroatoms. The summed E-state index contributed by atoms with van der Waals surface area (Å²) >= 11 is 0. The van der Waals surface area contributed by atoms with Crippen molar-refractivity contribution in [3.05, 3.63) is 35.4 Å². The lowest BCUT2D eigenvalue weighted by molar-refractivity contribution is -0.144. The second-order valence-electron chi connectivity index (χ2n) is 8.50. The summed E-state index contributed by atoms with van der Waals surface area (Å²) in [4.78, 5) is 52.2. The number of carbonyl (C=O) groups is 4. The molecule has 1 aromatic rings. The Morgan fingerprint density at radius 3 is 2.60 bits per heavy atom. The highest BCUT2D eigenvalue weighted by molar-refractivity contribution is 5.95. The molecule has 0 bridgehead atoms.